The summed E-state index contributed by atoms with van der Waals surface area (Å²) in [5.74, 6) is 0.251. The van der Waals surface area contributed by atoms with Crippen molar-refractivity contribution in [2.45, 2.75) is 6.10 Å². The minimum absolute atomic E-state index is 0.138. The summed E-state index contributed by atoms with van der Waals surface area (Å²) >= 11 is 0. The molecule has 0 spiro atoms. The van der Waals surface area contributed by atoms with Crippen LogP contribution in [0.25, 0.3) is 0 Å². The van der Waals surface area contributed by atoms with Crippen molar-refractivity contribution in [3.8, 4) is 0 Å². The van der Waals surface area contributed by atoms with E-state index in [2.05, 4.69) is 5.10 Å². The lowest BCUT2D eigenvalue weighted by atomic mass is 10.1. The fourth-order valence-electron chi connectivity index (χ4n) is 1.98. The number of rotatable bonds is 6. The van der Waals surface area contributed by atoms with Crippen molar-refractivity contribution in [2.75, 3.05) is 24.2 Å². The summed E-state index contributed by atoms with van der Waals surface area (Å²) < 4.78 is 33.0. The van der Waals surface area contributed by atoms with Gasteiger partial charge in [0.15, 0.2) is 5.82 Å². The standard InChI is InChI=1S/C14H19N3O3S/c1-16-10-9-14(15-16)17(2)21(18,19)11-13(20-3)12-7-5-4-6-8-12/h4-10,13H,11H2,1-3H3. The molecule has 6 nitrogen and oxygen atoms in total. The van der Waals surface area contributed by atoms with Crippen molar-refractivity contribution in [1.82, 2.24) is 9.78 Å². The summed E-state index contributed by atoms with van der Waals surface area (Å²) in [4.78, 5) is 0. The highest BCUT2D eigenvalue weighted by molar-refractivity contribution is 7.92. The molecule has 2 aromatic rings. The number of hydrogen-bond acceptors (Lipinski definition) is 4. The van der Waals surface area contributed by atoms with Crippen LogP contribution in [0.3, 0.4) is 0 Å². The van der Waals surface area contributed by atoms with Gasteiger partial charge in [0.1, 0.15) is 0 Å². The van der Waals surface area contributed by atoms with Crippen LogP contribution in [0.5, 0.6) is 0 Å². The Morgan fingerprint density at radius 1 is 1.29 bits per heavy atom. The van der Waals surface area contributed by atoms with E-state index in [1.165, 1.54) is 18.5 Å². The highest BCUT2D eigenvalue weighted by atomic mass is 32.2. The average molecular weight is 309 g/mol. The summed E-state index contributed by atoms with van der Waals surface area (Å²) in [6, 6.07) is 11.0. The van der Waals surface area contributed by atoms with Crippen LogP contribution in [0.2, 0.25) is 0 Å². The molecular weight excluding hydrogens is 290 g/mol. The first kappa shape index (κ1) is 15.5. The number of ether oxygens (including phenoxy) is 1. The Kier molecular flexibility index (Phi) is 4.64. The molecule has 0 bridgehead atoms. The molecule has 0 aliphatic carbocycles. The molecule has 2 rings (SSSR count). The van der Waals surface area contributed by atoms with Gasteiger partial charge >= 0.3 is 0 Å². The second kappa shape index (κ2) is 6.28. The molecule has 7 heteroatoms. The maximum atomic E-state index is 12.5. The van der Waals surface area contributed by atoms with Gasteiger partial charge in [-0.15, -0.1) is 0 Å². The largest absolute Gasteiger partial charge is 0.376 e. The molecule has 1 atom stereocenters. The van der Waals surface area contributed by atoms with Gasteiger partial charge in [-0.2, -0.15) is 5.10 Å². The molecule has 0 amide bonds. The minimum Gasteiger partial charge on any atom is -0.376 e. The van der Waals surface area contributed by atoms with E-state index in [1.807, 2.05) is 30.3 Å². The fraction of sp³-hybridized carbons (Fsp3) is 0.357. The number of benzene rings is 1. The lowest BCUT2D eigenvalue weighted by Crippen LogP contribution is -2.32. The third-order valence-corrected chi connectivity index (χ3v) is 5.00. The van der Waals surface area contributed by atoms with Gasteiger partial charge in [-0.05, 0) is 5.56 Å². The summed E-state index contributed by atoms with van der Waals surface area (Å²) in [5, 5.41) is 4.11. The topological polar surface area (TPSA) is 64.4 Å². The van der Waals surface area contributed by atoms with Crippen molar-refractivity contribution in [2.24, 2.45) is 7.05 Å². The molecule has 0 saturated carbocycles. The second-order valence-corrected chi connectivity index (χ2v) is 6.77. The predicted molar refractivity (Wildman–Crippen MR) is 81.6 cm³/mol. The van der Waals surface area contributed by atoms with Crippen LogP contribution in [-0.2, 0) is 21.8 Å². The van der Waals surface area contributed by atoms with Gasteiger partial charge in [0.2, 0.25) is 10.0 Å². The first-order valence-corrected chi connectivity index (χ1v) is 8.09. The summed E-state index contributed by atoms with van der Waals surface area (Å²) in [6.45, 7) is 0. The van der Waals surface area contributed by atoms with Gasteiger partial charge in [0.05, 0.1) is 11.9 Å². The molecule has 0 aliphatic heterocycles. The van der Waals surface area contributed by atoms with Gasteiger partial charge in [-0.25, -0.2) is 8.42 Å². The van der Waals surface area contributed by atoms with Gasteiger partial charge in [-0.3, -0.25) is 8.99 Å². The van der Waals surface area contributed by atoms with Crippen LogP contribution < -0.4 is 4.31 Å². The van der Waals surface area contributed by atoms with E-state index in [9.17, 15) is 8.42 Å². The zero-order valence-corrected chi connectivity index (χ0v) is 13.1. The number of aromatic nitrogens is 2. The number of aryl methyl sites for hydroxylation is 1. The quantitative estimate of drug-likeness (QED) is 0.812. The van der Waals surface area contributed by atoms with E-state index in [4.69, 9.17) is 4.74 Å². The first-order chi connectivity index (χ1) is 9.94. The molecular formula is C14H19N3O3S. The Morgan fingerprint density at radius 2 is 1.95 bits per heavy atom. The third kappa shape index (κ3) is 3.62. The van der Waals surface area contributed by atoms with Crippen LogP contribution in [0.1, 0.15) is 11.7 Å². The van der Waals surface area contributed by atoms with Gasteiger partial charge in [0.25, 0.3) is 0 Å². The molecule has 114 valence electrons. The van der Waals surface area contributed by atoms with Gasteiger partial charge in [0, 0.05) is 33.5 Å². The van der Waals surface area contributed by atoms with Crippen molar-refractivity contribution in [3.63, 3.8) is 0 Å². The van der Waals surface area contributed by atoms with Crippen LogP contribution in [0, 0.1) is 0 Å². The zero-order chi connectivity index (χ0) is 15.5. The third-order valence-electron chi connectivity index (χ3n) is 3.26. The summed E-state index contributed by atoms with van der Waals surface area (Å²) in [6.07, 6.45) is 1.19. The van der Waals surface area contributed by atoms with Crippen LogP contribution in [0.15, 0.2) is 42.6 Å². The van der Waals surface area contributed by atoms with Crippen molar-refractivity contribution in [1.29, 1.82) is 0 Å². The Bertz CT molecular complexity index is 682. The number of anilines is 1. The molecule has 0 N–H and O–H groups in total. The number of sulfonamides is 1. The van der Waals surface area contributed by atoms with E-state index in [1.54, 1.807) is 24.0 Å². The van der Waals surface area contributed by atoms with Gasteiger partial charge < -0.3 is 4.74 Å². The molecule has 1 aromatic heterocycles. The number of nitrogens with zero attached hydrogens (tertiary/aromatic N) is 3. The molecule has 21 heavy (non-hydrogen) atoms. The normalized spacial score (nSPS) is 13.1. The van der Waals surface area contributed by atoms with E-state index >= 15 is 0 Å². The number of methoxy groups -OCH3 is 1. The van der Waals surface area contributed by atoms with E-state index < -0.39 is 16.1 Å². The molecule has 0 aliphatic rings. The zero-order valence-electron chi connectivity index (χ0n) is 12.3. The fourth-order valence-corrected chi connectivity index (χ4v) is 3.30. The molecule has 1 aromatic carbocycles. The van der Waals surface area contributed by atoms with E-state index in [-0.39, 0.29) is 5.75 Å². The molecule has 0 saturated heterocycles. The SMILES string of the molecule is COC(CS(=O)(=O)N(C)c1ccn(C)n1)c1ccccc1. The summed E-state index contributed by atoms with van der Waals surface area (Å²) in [7, 11) is 1.22. The first-order valence-electron chi connectivity index (χ1n) is 6.48. The smallest absolute Gasteiger partial charge is 0.239 e. The molecule has 1 heterocycles. The lowest BCUT2D eigenvalue weighted by Gasteiger charge is -2.21. The van der Waals surface area contributed by atoms with E-state index in [0.717, 1.165) is 5.56 Å². The van der Waals surface area contributed by atoms with Crippen molar-refractivity contribution < 1.29 is 13.2 Å². The van der Waals surface area contributed by atoms with Crippen LogP contribution in [-0.4, -0.2) is 38.1 Å². The Labute approximate surface area is 125 Å². The van der Waals surface area contributed by atoms with Crippen molar-refractivity contribution >= 4 is 15.8 Å². The van der Waals surface area contributed by atoms with Crippen LogP contribution >= 0.6 is 0 Å². The molecule has 0 radical (unpaired) electrons. The predicted octanol–water partition coefficient (Wildman–Crippen LogP) is 1.57. The Hall–Kier alpha value is -1.86. The minimum atomic E-state index is -3.53. The van der Waals surface area contributed by atoms with E-state index in [0.29, 0.717) is 5.82 Å². The molecule has 1 unspecified atom stereocenters. The average Bonchev–Trinajstić information content (AvgIpc) is 2.91. The summed E-state index contributed by atoms with van der Waals surface area (Å²) in [5.41, 5.74) is 0.831. The maximum absolute atomic E-state index is 12.5. The monoisotopic (exact) mass is 309 g/mol. The number of hydrogen-bond donors (Lipinski definition) is 0. The maximum Gasteiger partial charge on any atom is 0.239 e. The molecule has 0 fully saturated rings. The van der Waals surface area contributed by atoms with Crippen molar-refractivity contribution in [3.05, 3.63) is 48.2 Å². The van der Waals surface area contributed by atoms with Gasteiger partial charge in [-0.1, -0.05) is 30.3 Å². The lowest BCUT2D eigenvalue weighted by molar-refractivity contribution is 0.122. The van der Waals surface area contributed by atoms with Crippen LogP contribution in [0.4, 0.5) is 5.82 Å². The second-order valence-electron chi connectivity index (χ2n) is 4.73. The Morgan fingerprint density at radius 3 is 2.48 bits per heavy atom. The highest BCUT2D eigenvalue weighted by Gasteiger charge is 2.26. The highest BCUT2D eigenvalue weighted by Crippen LogP contribution is 2.22. The Balaban J connectivity index is 2.19.